The van der Waals surface area contributed by atoms with Gasteiger partial charge >= 0.3 is 0 Å². The quantitative estimate of drug-likeness (QED) is 0.658. The molecule has 3 aromatic rings. The lowest BCUT2D eigenvalue weighted by Gasteiger charge is -2.06. The summed E-state index contributed by atoms with van der Waals surface area (Å²) < 4.78 is 15.4. The Morgan fingerprint density at radius 2 is 1.95 bits per heavy atom. The molecule has 0 spiro atoms. The molecule has 3 rings (SSSR count). The molecule has 1 aromatic heterocycles. The number of fused-ring (bicyclic) bond motifs is 1. The van der Waals surface area contributed by atoms with Crippen molar-refractivity contribution in [2.24, 2.45) is 0 Å². The van der Waals surface area contributed by atoms with Crippen molar-refractivity contribution in [2.75, 3.05) is 0 Å². The van der Waals surface area contributed by atoms with Crippen molar-refractivity contribution >= 4 is 16.7 Å². The van der Waals surface area contributed by atoms with Gasteiger partial charge < -0.3 is 4.57 Å². The van der Waals surface area contributed by atoms with E-state index < -0.39 is 0 Å². The Morgan fingerprint density at radius 1 is 1.15 bits per heavy atom. The summed E-state index contributed by atoms with van der Waals surface area (Å²) in [4.78, 5) is 12.3. The number of Topliss-reactive ketones (excluding diaryl/α,β-unsaturated/α-hetero) is 1. The SMILES string of the molecule is Cc1cccc(C(=O)Cn2ccc3c(F)cccc32)c1. The summed E-state index contributed by atoms with van der Waals surface area (Å²) >= 11 is 0. The molecule has 0 atom stereocenters. The van der Waals surface area contributed by atoms with Crippen molar-refractivity contribution in [1.82, 2.24) is 4.57 Å². The predicted molar refractivity (Wildman–Crippen MR) is 77.4 cm³/mol. The average molecular weight is 267 g/mol. The van der Waals surface area contributed by atoms with Crippen molar-refractivity contribution < 1.29 is 9.18 Å². The highest BCUT2D eigenvalue weighted by atomic mass is 19.1. The number of rotatable bonds is 3. The maximum absolute atomic E-state index is 13.6. The largest absolute Gasteiger partial charge is 0.340 e. The first-order valence-electron chi connectivity index (χ1n) is 6.48. The smallest absolute Gasteiger partial charge is 0.182 e. The molecule has 0 bridgehead atoms. The van der Waals surface area contributed by atoms with Gasteiger partial charge in [-0.05, 0) is 31.2 Å². The van der Waals surface area contributed by atoms with Crippen LogP contribution in [0.2, 0.25) is 0 Å². The van der Waals surface area contributed by atoms with Crippen LogP contribution in [0.3, 0.4) is 0 Å². The zero-order valence-corrected chi connectivity index (χ0v) is 11.1. The molecule has 0 fully saturated rings. The average Bonchev–Trinajstić information content (AvgIpc) is 2.83. The number of aromatic nitrogens is 1. The van der Waals surface area contributed by atoms with Crippen LogP contribution in [0.1, 0.15) is 15.9 Å². The monoisotopic (exact) mass is 267 g/mol. The fourth-order valence-electron chi connectivity index (χ4n) is 2.39. The molecule has 0 aliphatic carbocycles. The topological polar surface area (TPSA) is 22.0 Å². The molecule has 0 radical (unpaired) electrons. The van der Waals surface area contributed by atoms with E-state index in [1.54, 1.807) is 22.9 Å². The lowest BCUT2D eigenvalue weighted by atomic mass is 10.1. The normalized spacial score (nSPS) is 10.9. The van der Waals surface area contributed by atoms with Crippen LogP contribution in [-0.4, -0.2) is 10.4 Å². The molecule has 0 aliphatic rings. The molecule has 0 unspecified atom stereocenters. The van der Waals surface area contributed by atoms with E-state index in [4.69, 9.17) is 0 Å². The number of carbonyl (C=O) groups is 1. The van der Waals surface area contributed by atoms with E-state index in [0.29, 0.717) is 10.9 Å². The standard InChI is InChI=1S/C17H14FNO/c1-12-4-2-5-13(10-12)17(20)11-19-9-8-14-15(18)6-3-7-16(14)19/h2-10H,11H2,1H3. The number of hydrogen-bond acceptors (Lipinski definition) is 1. The lowest BCUT2D eigenvalue weighted by Crippen LogP contribution is -2.09. The number of carbonyl (C=O) groups excluding carboxylic acids is 1. The number of ketones is 1. The van der Waals surface area contributed by atoms with Crippen molar-refractivity contribution in [3.8, 4) is 0 Å². The van der Waals surface area contributed by atoms with Crippen molar-refractivity contribution in [3.63, 3.8) is 0 Å². The van der Waals surface area contributed by atoms with Gasteiger partial charge in [0, 0.05) is 17.1 Å². The first-order chi connectivity index (χ1) is 9.65. The number of hydrogen-bond donors (Lipinski definition) is 0. The zero-order valence-electron chi connectivity index (χ0n) is 11.1. The maximum Gasteiger partial charge on any atom is 0.182 e. The van der Waals surface area contributed by atoms with E-state index >= 15 is 0 Å². The third kappa shape index (κ3) is 2.23. The summed E-state index contributed by atoms with van der Waals surface area (Å²) in [6.07, 6.45) is 1.75. The molecule has 0 amide bonds. The van der Waals surface area contributed by atoms with Crippen LogP contribution < -0.4 is 0 Å². The van der Waals surface area contributed by atoms with Gasteiger partial charge in [-0.1, -0.05) is 29.8 Å². The Hall–Kier alpha value is -2.42. The molecule has 2 aromatic carbocycles. The van der Waals surface area contributed by atoms with Gasteiger partial charge in [0.25, 0.3) is 0 Å². The Kier molecular flexibility index (Phi) is 3.11. The van der Waals surface area contributed by atoms with Crippen molar-refractivity contribution in [3.05, 3.63) is 71.7 Å². The van der Waals surface area contributed by atoms with Gasteiger partial charge in [0.15, 0.2) is 5.78 Å². The third-order valence-electron chi connectivity index (χ3n) is 3.41. The second kappa shape index (κ2) is 4.93. The molecule has 0 aliphatic heterocycles. The lowest BCUT2D eigenvalue weighted by molar-refractivity contribution is 0.0973. The number of halogens is 1. The zero-order chi connectivity index (χ0) is 14.1. The molecular formula is C17H14FNO. The fraction of sp³-hybridized carbons (Fsp3) is 0.118. The van der Waals surface area contributed by atoms with E-state index in [1.807, 2.05) is 37.3 Å². The van der Waals surface area contributed by atoms with Gasteiger partial charge in [0.05, 0.1) is 12.1 Å². The highest BCUT2D eigenvalue weighted by molar-refractivity contribution is 5.97. The Morgan fingerprint density at radius 3 is 2.75 bits per heavy atom. The van der Waals surface area contributed by atoms with E-state index in [9.17, 15) is 9.18 Å². The van der Waals surface area contributed by atoms with E-state index in [0.717, 1.165) is 11.1 Å². The Labute approximate surface area is 116 Å². The fourth-order valence-corrected chi connectivity index (χ4v) is 2.39. The van der Waals surface area contributed by atoms with Crippen molar-refractivity contribution in [1.29, 1.82) is 0 Å². The highest BCUT2D eigenvalue weighted by Gasteiger charge is 2.10. The molecule has 0 saturated carbocycles. The van der Waals surface area contributed by atoms with Crippen LogP contribution >= 0.6 is 0 Å². The summed E-state index contributed by atoms with van der Waals surface area (Å²) in [7, 11) is 0. The minimum Gasteiger partial charge on any atom is -0.340 e. The van der Waals surface area contributed by atoms with E-state index in [-0.39, 0.29) is 18.1 Å². The second-order valence-corrected chi connectivity index (χ2v) is 4.91. The highest BCUT2D eigenvalue weighted by Crippen LogP contribution is 2.19. The van der Waals surface area contributed by atoms with Gasteiger partial charge in [0.2, 0.25) is 0 Å². The predicted octanol–water partition coefficient (Wildman–Crippen LogP) is 3.97. The van der Waals surface area contributed by atoms with Crippen LogP contribution in [0.4, 0.5) is 4.39 Å². The van der Waals surface area contributed by atoms with Crippen LogP contribution in [0.15, 0.2) is 54.7 Å². The van der Waals surface area contributed by atoms with E-state index in [1.165, 1.54) is 6.07 Å². The van der Waals surface area contributed by atoms with Crippen LogP contribution in [0.25, 0.3) is 10.9 Å². The molecule has 20 heavy (non-hydrogen) atoms. The van der Waals surface area contributed by atoms with Crippen LogP contribution in [-0.2, 0) is 6.54 Å². The van der Waals surface area contributed by atoms with E-state index in [2.05, 4.69) is 0 Å². The molecule has 0 saturated heterocycles. The minimum absolute atomic E-state index is 0.0236. The summed E-state index contributed by atoms with van der Waals surface area (Å²) in [6, 6.07) is 14.1. The molecular weight excluding hydrogens is 253 g/mol. The molecule has 1 heterocycles. The van der Waals surface area contributed by atoms with Crippen LogP contribution in [0.5, 0.6) is 0 Å². The number of aryl methyl sites for hydroxylation is 1. The second-order valence-electron chi connectivity index (χ2n) is 4.91. The molecule has 3 heteroatoms. The summed E-state index contributed by atoms with van der Waals surface area (Å²) in [5, 5.41) is 0.546. The first kappa shape index (κ1) is 12.6. The third-order valence-corrected chi connectivity index (χ3v) is 3.41. The van der Waals surface area contributed by atoms with Gasteiger partial charge in [-0.3, -0.25) is 4.79 Å². The van der Waals surface area contributed by atoms with Gasteiger partial charge in [0.1, 0.15) is 5.82 Å². The molecule has 100 valence electrons. The number of nitrogens with zero attached hydrogens (tertiary/aromatic N) is 1. The van der Waals surface area contributed by atoms with Crippen molar-refractivity contribution in [2.45, 2.75) is 13.5 Å². The van der Waals surface area contributed by atoms with Crippen LogP contribution in [0, 0.1) is 12.7 Å². The van der Waals surface area contributed by atoms with Gasteiger partial charge in [-0.2, -0.15) is 0 Å². The summed E-state index contributed by atoms with van der Waals surface area (Å²) in [6.45, 7) is 2.17. The molecule has 0 N–H and O–H groups in total. The maximum atomic E-state index is 13.6. The van der Waals surface area contributed by atoms with Gasteiger partial charge in [-0.15, -0.1) is 0 Å². The number of benzene rings is 2. The van der Waals surface area contributed by atoms with Gasteiger partial charge in [-0.25, -0.2) is 4.39 Å². The summed E-state index contributed by atoms with van der Waals surface area (Å²) in [5.41, 5.74) is 2.48. The molecule has 2 nitrogen and oxygen atoms in total. The summed E-state index contributed by atoms with van der Waals surface area (Å²) in [5.74, 6) is -0.236. The minimum atomic E-state index is -0.260. The Balaban J connectivity index is 1.94. The Bertz CT molecular complexity index is 789. The first-order valence-corrected chi connectivity index (χ1v) is 6.48.